The molecule has 3 heteroatoms. The van der Waals surface area contributed by atoms with Crippen LogP contribution in [0.3, 0.4) is 0 Å². The first-order chi connectivity index (χ1) is 10.2. The highest BCUT2D eigenvalue weighted by molar-refractivity contribution is 9.10. The van der Waals surface area contributed by atoms with Gasteiger partial charge in [0.2, 0.25) is 0 Å². The average molecular weight is 345 g/mol. The summed E-state index contributed by atoms with van der Waals surface area (Å²) in [5.74, 6) is -0.352. The van der Waals surface area contributed by atoms with Crippen LogP contribution in [0.15, 0.2) is 59.1 Å². The maximum absolute atomic E-state index is 11.7. The molecule has 2 aromatic carbocycles. The van der Waals surface area contributed by atoms with Gasteiger partial charge in [-0.3, -0.25) is 4.79 Å². The topological polar surface area (TPSA) is 37.3 Å². The lowest BCUT2D eigenvalue weighted by Gasteiger charge is -2.13. The van der Waals surface area contributed by atoms with E-state index in [1.54, 1.807) is 0 Å². The Bertz CT molecular complexity index is 639. The van der Waals surface area contributed by atoms with E-state index in [-0.39, 0.29) is 11.8 Å². The van der Waals surface area contributed by atoms with E-state index in [1.807, 2.05) is 42.5 Å². The summed E-state index contributed by atoms with van der Waals surface area (Å²) in [4.78, 5) is 11.7. The lowest BCUT2D eigenvalue weighted by molar-refractivity contribution is -0.142. The molecule has 0 spiro atoms. The van der Waals surface area contributed by atoms with Crippen LogP contribution >= 0.6 is 15.9 Å². The number of carboxylic acid groups (broad SMARTS) is 1. The van der Waals surface area contributed by atoms with Crippen molar-refractivity contribution in [1.82, 2.24) is 0 Å². The summed E-state index contributed by atoms with van der Waals surface area (Å²) in [6.07, 6.45) is 1.57. The molecule has 1 aliphatic rings. The average Bonchev–Trinajstić information content (AvgIpc) is 3.27. The summed E-state index contributed by atoms with van der Waals surface area (Å²) in [5.41, 5.74) is 2.34. The zero-order valence-electron chi connectivity index (χ0n) is 11.6. The molecule has 3 rings (SSSR count). The molecule has 1 fully saturated rings. The number of halogens is 1. The molecule has 0 radical (unpaired) electrons. The standard InChI is InChI=1S/C18H17BrO2/c19-17-9-5-4-8-13(17)10-16(18(20)21)15-11-14(15)12-6-2-1-3-7-12/h1-9,14-16H,10-11H2,(H,20,21). The van der Waals surface area contributed by atoms with E-state index in [4.69, 9.17) is 0 Å². The molecule has 0 heterocycles. The van der Waals surface area contributed by atoms with Crippen molar-refractivity contribution in [3.05, 3.63) is 70.2 Å². The van der Waals surface area contributed by atoms with E-state index in [9.17, 15) is 9.90 Å². The molecule has 0 aromatic heterocycles. The van der Waals surface area contributed by atoms with E-state index in [0.29, 0.717) is 12.3 Å². The summed E-state index contributed by atoms with van der Waals surface area (Å²) < 4.78 is 0.994. The van der Waals surface area contributed by atoms with Gasteiger partial charge in [0.1, 0.15) is 0 Å². The van der Waals surface area contributed by atoms with Crippen molar-refractivity contribution in [1.29, 1.82) is 0 Å². The van der Waals surface area contributed by atoms with E-state index < -0.39 is 5.97 Å². The monoisotopic (exact) mass is 344 g/mol. The predicted octanol–water partition coefficient (Wildman–Crippen LogP) is 4.50. The van der Waals surface area contributed by atoms with Crippen LogP contribution in [0.1, 0.15) is 23.5 Å². The summed E-state index contributed by atoms with van der Waals surface area (Å²) in [5, 5.41) is 9.59. The third kappa shape index (κ3) is 3.18. The first-order valence-corrected chi connectivity index (χ1v) is 7.97. The van der Waals surface area contributed by atoms with Gasteiger partial charge in [-0.25, -0.2) is 0 Å². The number of hydrogen-bond acceptors (Lipinski definition) is 1. The summed E-state index contributed by atoms with van der Waals surface area (Å²) in [7, 11) is 0. The second-order valence-corrected chi connectivity index (χ2v) is 6.51. The van der Waals surface area contributed by atoms with Crippen molar-refractivity contribution in [2.45, 2.75) is 18.8 Å². The van der Waals surface area contributed by atoms with Gasteiger partial charge in [-0.05, 0) is 41.9 Å². The Morgan fingerprint density at radius 1 is 1.14 bits per heavy atom. The first-order valence-electron chi connectivity index (χ1n) is 7.18. The first kappa shape index (κ1) is 14.3. The zero-order chi connectivity index (χ0) is 14.8. The molecule has 1 N–H and O–H groups in total. The normalized spacial score (nSPS) is 21.8. The lowest BCUT2D eigenvalue weighted by Crippen LogP contribution is -2.19. The molecular weight excluding hydrogens is 328 g/mol. The van der Waals surface area contributed by atoms with Gasteiger partial charge in [0.05, 0.1) is 5.92 Å². The number of aliphatic carboxylic acids is 1. The Kier molecular flexibility index (Phi) is 4.11. The second kappa shape index (κ2) is 6.02. The van der Waals surface area contributed by atoms with Gasteiger partial charge in [0, 0.05) is 4.47 Å². The van der Waals surface area contributed by atoms with Crippen LogP contribution in [0.25, 0.3) is 0 Å². The van der Waals surface area contributed by atoms with Crippen LogP contribution in [0.4, 0.5) is 0 Å². The zero-order valence-corrected chi connectivity index (χ0v) is 13.2. The highest BCUT2D eigenvalue weighted by atomic mass is 79.9. The van der Waals surface area contributed by atoms with Crippen molar-refractivity contribution in [2.24, 2.45) is 11.8 Å². The van der Waals surface area contributed by atoms with E-state index in [1.165, 1.54) is 5.56 Å². The molecule has 1 aliphatic carbocycles. The summed E-state index contributed by atoms with van der Waals surface area (Å²) >= 11 is 3.51. The van der Waals surface area contributed by atoms with Crippen molar-refractivity contribution in [3.63, 3.8) is 0 Å². The summed E-state index contributed by atoms with van der Waals surface area (Å²) in [6, 6.07) is 18.1. The van der Waals surface area contributed by atoms with E-state index in [2.05, 4.69) is 28.1 Å². The second-order valence-electron chi connectivity index (χ2n) is 5.66. The van der Waals surface area contributed by atoms with Gasteiger partial charge >= 0.3 is 5.97 Å². The fourth-order valence-corrected chi connectivity index (χ4v) is 3.51. The van der Waals surface area contributed by atoms with Crippen LogP contribution in [-0.2, 0) is 11.2 Å². The lowest BCUT2D eigenvalue weighted by atomic mass is 9.92. The Balaban J connectivity index is 1.75. The molecule has 0 saturated heterocycles. The van der Waals surface area contributed by atoms with Crippen molar-refractivity contribution in [2.75, 3.05) is 0 Å². The van der Waals surface area contributed by atoms with Crippen molar-refractivity contribution < 1.29 is 9.90 Å². The van der Waals surface area contributed by atoms with Crippen LogP contribution in [-0.4, -0.2) is 11.1 Å². The van der Waals surface area contributed by atoms with Gasteiger partial charge in [-0.1, -0.05) is 64.5 Å². The largest absolute Gasteiger partial charge is 0.481 e. The van der Waals surface area contributed by atoms with Gasteiger partial charge in [-0.2, -0.15) is 0 Å². The minimum atomic E-state index is -0.686. The molecule has 21 heavy (non-hydrogen) atoms. The molecule has 108 valence electrons. The summed E-state index contributed by atoms with van der Waals surface area (Å²) in [6.45, 7) is 0. The molecule has 3 atom stereocenters. The minimum Gasteiger partial charge on any atom is -0.481 e. The van der Waals surface area contributed by atoms with Gasteiger partial charge in [-0.15, -0.1) is 0 Å². The van der Waals surface area contributed by atoms with Gasteiger partial charge < -0.3 is 5.11 Å². The fraction of sp³-hybridized carbons (Fsp3) is 0.278. The molecular formula is C18H17BrO2. The molecule has 0 amide bonds. The third-order valence-corrected chi connectivity index (χ3v) is 5.07. The van der Waals surface area contributed by atoms with Gasteiger partial charge in [0.15, 0.2) is 0 Å². The molecule has 2 nitrogen and oxygen atoms in total. The quantitative estimate of drug-likeness (QED) is 0.867. The van der Waals surface area contributed by atoms with Crippen molar-refractivity contribution >= 4 is 21.9 Å². The Morgan fingerprint density at radius 3 is 2.48 bits per heavy atom. The maximum atomic E-state index is 11.7. The van der Waals surface area contributed by atoms with Crippen LogP contribution < -0.4 is 0 Å². The van der Waals surface area contributed by atoms with Gasteiger partial charge in [0.25, 0.3) is 0 Å². The third-order valence-electron chi connectivity index (χ3n) is 4.30. The predicted molar refractivity (Wildman–Crippen MR) is 86.3 cm³/mol. The van der Waals surface area contributed by atoms with Crippen LogP contribution in [0, 0.1) is 11.8 Å². The smallest absolute Gasteiger partial charge is 0.307 e. The fourth-order valence-electron chi connectivity index (χ4n) is 3.07. The Morgan fingerprint density at radius 2 is 1.81 bits per heavy atom. The highest BCUT2D eigenvalue weighted by Crippen LogP contribution is 2.52. The highest BCUT2D eigenvalue weighted by Gasteiger charge is 2.46. The van der Waals surface area contributed by atoms with E-state index in [0.717, 1.165) is 16.5 Å². The van der Waals surface area contributed by atoms with Crippen molar-refractivity contribution in [3.8, 4) is 0 Å². The number of rotatable bonds is 5. The Hall–Kier alpha value is -1.61. The number of carboxylic acids is 1. The Labute approximate surface area is 132 Å². The molecule has 3 unspecified atom stereocenters. The number of carbonyl (C=O) groups is 1. The van der Waals surface area contributed by atoms with Crippen LogP contribution in [0.2, 0.25) is 0 Å². The molecule has 2 aromatic rings. The van der Waals surface area contributed by atoms with E-state index >= 15 is 0 Å². The molecule has 1 saturated carbocycles. The SMILES string of the molecule is O=C(O)C(Cc1ccccc1Br)C1CC1c1ccccc1. The molecule has 0 aliphatic heterocycles. The number of benzene rings is 2. The minimum absolute atomic E-state index is 0.247. The number of hydrogen-bond donors (Lipinski definition) is 1. The molecule has 0 bridgehead atoms. The maximum Gasteiger partial charge on any atom is 0.307 e. The van der Waals surface area contributed by atoms with Crippen LogP contribution in [0.5, 0.6) is 0 Å².